The van der Waals surface area contributed by atoms with E-state index in [1.165, 1.54) is 0 Å². The summed E-state index contributed by atoms with van der Waals surface area (Å²) in [6, 6.07) is 20.8. The maximum Gasteiger partial charge on any atom is 0.330 e. The number of hydrogen-bond donors (Lipinski definition) is 1. The first kappa shape index (κ1) is 14.8. The Bertz CT molecular complexity index is 788. The van der Waals surface area contributed by atoms with Crippen molar-refractivity contribution in [2.24, 2.45) is 0 Å². The van der Waals surface area contributed by atoms with Gasteiger partial charge in [0.2, 0.25) is 0 Å². The van der Waals surface area contributed by atoms with Crippen LogP contribution in [0.25, 0.3) is 0 Å². The third-order valence-electron chi connectivity index (χ3n) is 3.39. The van der Waals surface area contributed by atoms with Gasteiger partial charge in [-0.3, -0.25) is 9.88 Å². The predicted molar refractivity (Wildman–Crippen MR) is 93.0 cm³/mol. The first-order valence-corrected chi connectivity index (χ1v) is 7.37. The third kappa shape index (κ3) is 3.55. The van der Waals surface area contributed by atoms with E-state index in [1.807, 2.05) is 67.6 Å². The number of carbonyl (C=O) groups excluding carboxylic acids is 1. The maximum atomic E-state index is 12.8. The van der Waals surface area contributed by atoms with Gasteiger partial charge in [-0.1, -0.05) is 30.3 Å². The summed E-state index contributed by atoms with van der Waals surface area (Å²) in [5.74, 6) is 0. The molecule has 0 radical (unpaired) electrons. The molecule has 0 aliphatic rings. The predicted octanol–water partition coefficient (Wildman–Crippen LogP) is 4.76. The van der Waals surface area contributed by atoms with E-state index < -0.39 is 0 Å². The largest absolute Gasteiger partial charge is 0.330 e. The van der Waals surface area contributed by atoms with Gasteiger partial charge in [-0.2, -0.15) is 0 Å². The number of pyridine rings is 1. The van der Waals surface area contributed by atoms with Crippen LogP contribution in [-0.2, 0) is 0 Å². The number of aromatic nitrogens is 1. The van der Waals surface area contributed by atoms with Gasteiger partial charge in [0.1, 0.15) is 0 Å². The maximum absolute atomic E-state index is 12.8. The van der Waals surface area contributed by atoms with Crippen LogP contribution in [0, 0.1) is 6.92 Å². The van der Waals surface area contributed by atoms with Crippen LogP contribution in [0.3, 0.4) is 0 Å². The SMILES string of the molecule is Cc1cccc(N(C(=O)Nc2cccnc2)c2ccccc2)c1. The van der Waals surface area contributed by atoms with Crippen LogP contribution < -0.4 is 10.2 Å². The number of benzene rings is 2. The number of anilines is 3. The zero-order valence-electron chi connectivity index (χ0n) is 12.8. The number of urea groups is 1. The van der Waals surface area contributed by atoms with Crippen LogP contribution in [0.1, 0.15) is 5.56 Å². The van der Waals surface area contributed by atoms with Gasteiger partial charge >= 0.3 is 6.03 Å². The number of carbonyl (C=O) groups is 1. The number of hydrogen-bond acceptors (Lipinski definition) is 2. The molecule has 0 spiro atoms. The van der Waals surface area contributed by atoms with Crippen LogP contribution >= 0.6 is 0 Å². The van der Waals surface area contributed by atoms with Gasteiger partial charge < -0.3 is 5.32 Å². The molecule has 0 aliphatic heterocycles. The standard InChI is InChI=1S/C19H17N3O/c1-15-7-5-11-18(13-15)22(17-9-3-2-4-10-17)19(23)21-16-8-6-12-20-14-16/h2-14H,1H3,(H,21,23). The van der Waals surface area contributed by atoms with Crippen molar-refractivity contribution >= 4 is 23.1 Å². The second kappa shape index (κ2) is 6.75. The smallest absolute Gasteiger partial charge is 0.306 e. The number of rotatable bonds is 3. The van der Waals surface area contributed by atoms with E-state index in [0.717, 1.165) is 16.9 Å². The van der Waals surface area contributed by atoms with Crippen molar-refractivity contribution in [3.63, 3.8) is 0 Å². The highest BCUT2D eigenvalue weighted by Gasteiger charge is 2.18. The summed E-state index contributed by atoms with van der Waals surface area (Å²) in [6.45, 7) is 2.01. The molecule has 2 aromatic carbocycles. The van der Waals surface area contributed by atoms with E-state index in [-0.39, 0.29) is 6.03 Å². The molecule has 0 saturated heterocycles. The number of aryl methyl sites for hydroxylation is 1. The summed E-state index contributed by atoms with van der Waals surface area (Å²) in [4.78, 5) is 18.5. The van der Waals surface area contributed by atoms with Crippen molar-refractivity contribution in [2.75, 3.05) is 10.2 Å². The van der Waals surface area contributed by atoms with Crippen molar-refractivity contribution in [1.82, 2.24) is 4.98 Å². The molecule has 3 aromatic rings. The molecule has 2 amide bonds. The lowest BCUT2D eigenvalue weighted by Gasteiger charge is -2.23. The molecule has 3 rings (SSSR count). The van der Waals surface area contributed by atoms with Crippen molar-refractivity contribution in [1.29, 1.82) is 0 Å². The lowest BCUT2D eigenvalue weighted by Crippen LogP contribution is -2.30. The molecule has 0 bridgehead atoms. The van der Waals surface area contributed by atoms with Gasteiger partial charge in [-0.05, 0) is 48.9 Å². The number of amides is 2. The molecule has 23 heavy (non-hydrogen) atoms. The summed E-state index contributed by atoms with van der Waals surface area (Å²) in [5, 5.41) is 2.88. The molecule has 4 heteroatoms. The number of para-hydroxylation sites is 1. The van der Waals surface area contributed by atoms with E-state index in [0.29, 0.717) is 5.69 Å². The van der Waals surface area contributed by atoms with Gasteiger partial charge in [0, 0.05) is 6.20 Å². The summed E-state index contributed by atoms with van der Waals surface area (Å²) >= 11 is 0. The van der Waals surface area contributed by atoms with E-state index >= 15 is 0 Å². The number of nitrogens with one attached hydrogen (secondary N) is 1. The quantitative estimate of drug-likeness (QED) is 0.758. The normalized spacial score (nSPS) is 10.1. The molecule has 0 aliphatic carbocycles. The minimum Gasteiger partial charge on any atom is -0.306 e. The Morgan fingerprint density at radius 3 is 2.43 bits per heavy atom. The fraction of sp³-hybridized carbons (Fsp3) is 0.0526. The van der Waals surface area contributed by atoms with E-state index in [2.05, 4.69) is 10.3 Å². The minimum atomic E-state index is -0.227. The van der Waals surface area contributed by atoms with Crippen LogP contribution in [0.15, 0.2) is 79.1 Å². The molecular formula is C19H17N3O. The van der Waals surface area contributed by atoms with Crippen LogP contribution in [-0.4, -0.2) is 11.0 Å². The fourth-order valence-electron chi connectivity index (χ4n) is 2.34. The molecule has 1 heterocycles. The monoisotopic (exact) mass is 303 g/mol. The van der Waals surface area contributed by atoms with E-state index in [9.17, 15) is 4.79 Å². The molecule has 4 nitrogen and oxygen atoms in total. The lowest BCUT2D eigenvalue weighted by atomic mass is 10.2. The summed E-state index contributed by atoms with van der Waals surface area (Å²) in [7, 11) is 0. The molecule has 0 atom stereocenters. The molecule has 114 valence electrons. The van der Waals surface area contributed by atoms with Gasteiger partial charge in [-0.25, -0.2) is 4.79 Å². The molecule has 1 N–H and O–H groups in total. The molecular weight excluding hydrogens is 286 g/mol. The highest BCUT2D eigenvalue weighted by molar-refractivity contribution is 6.07. The highest BCUT2D eigenvalue weighted by atomic mass is 16.2. The fourth-order valence-corrected chi connectivity index (χ4v) is 2.34. The Morgan fingerprint density at radius 2 is 1.74 bits per heavy atom. The first-order chi connectivity index (χ1) is 11.2. The highest BCUT2D eigenvalue weighted by Crippen LogP contribution is 2.26. The zero-order valence-corrected chi connectivity index (χ0v) is 12.8. The van der Waals surface area contributed by atoms with E-state index in [4.69, 9.17) is 0 Å². The Balaban J connectivity index is 1.97. The lowest BCUT2D eigenvalue weighted by molar-refractivity contribution is 0.259. The van der Waals surface area contributed by atoms with Crippen molar-refractivity contribution in [3.05, 3.63) is 84.7 Å². The summed E-state index contributed by atoms with van der Waals surface area (Å²) in [6.07, 6.45) is 3.29. The Hall–Kier alpha value is -3.14. The summed E-state index contributed by atoms with van der Waals surface area (Å²) < 4.78 is 0. The van der Waals surface area contributed by atoms with Crippen molar-refractivity contribution in [2.45, 2.75) is 6.92 Å². The van der Waals surface area contributed by atoms with E-state index in [1.54, 1.807) is 23.4 Å². The van der Waals surface area contributed by atoms with Crippen LogP contribution in [0.5, 0.6) is 0 Å². The molecule has 0 unspecified atom stereocenters. The Morgan fingerprint density at radius 1 is 0.957 bits per heavy atom. The first-order valence-electron chi connectivity index (χ1n) is 7.37. The van der Waals surface area contributed by atoms with Gasteiger partial charge in [0.15, 0.2) is 0 Å². The van der Waals surface area contributed by atoms with Gasteiger partial charge in [0.25, 0.3) is 0 Å². The van der Waals surface area contributed by atoms with Crippen molar-refractivity contribution < 1.29 is 4.79 Å². The average Bonchev–Trinajstić information content (AvgIpc) is 2.57. The van der Waals surface area contributed by atoms with Gasteiger partial charge in [-0.15, -0.1) is 0 Å². The van der Waals surface area contributed by atoms with Crippen molar-refractivity contribution in [3.8, 4) is 0 Å². The zero-order chi connectivity index (χ0) is 16.1. The Labute approximate surface area is 135 Å². The summed E-state index contributed by atoms with van der Waals surface area (Å²) in [5.41, 5.74) is 3.38. The topological polar surface area (TPSA) is 45.2 Å². The van der Waals surface area contributed by atoms with Gasteiger partial charge in [0.05, 0.1) is 23.3 Å². The second-order valence-electron chi connectivity index (χ2n) is 5.18. The Kier molecular flexibility index (Phi) is 4.34. The molecule has 0 fully saturated rings. The van der Waals surface area contributed by atoms with Crippen LogP contribution in [0.2, 0.25) is 0 Å². The van der Waals surface area contributed by atoms with Crippen LogP contribution in [0.4, 0.5) is 21.9 Å². The molecule has 0 saturated carbocycles. The second-order valence-corrected chi connectivity index (χ2v) is 5.18. The molecule has 1 aromatic heterocycles. The minimum absolute atomic E-state index is 0.227. The number of nitrogens with zero attached hydrogens (tertiary/aromatic N) is 2. The third-order valence-corrected chi connectivity index (χ3v) is 3.39. The average molecular weight is 303 g/mol.